The summed E-state index contributed by atoms with van der Waals surface area (Å²) in [7, 11) is -2.26. The number of methoxy groups -OCH3 is 1. The normalized spacial score (nSPS) is 16.1. The number of hydrogen-bond donors (Lipinski definition) is 1. The largest absolute Gasteiger partial charge is 0.478 e. The first-order valence-electron chi connectivity index (χ1n) is 9.35. The number of benzene rings is 2. The summed E-state index contributed by atoms with van der Waals surface area (Å²) in [6.07, 6.45) is 0.392. The van der Waals surface area contributed by atoms with Crippen molar-refractivity contribution in [2.75, 3.05) is 29.5 Å². The maximum atomic E-state index is 12.9. The lowest BCUT2D eigenvalue weighted by atomic mass is 10.1. The molecular weight excluding hydrogens is 408 g/mol. The van der Waals surface area contributed by atoms with Crippen molar-refractivity contribution < 1.29 is 27.5 Å². The summed E-state index contributed by atoms with van der Waals surface area (Å²) in [5, 5.41) is 2.78. The molecule has 2 aromatic rings. The average Bonchev–Trinajstić information content (AvgIpc) is 2.88. The standard InChI is InChI=1S/C21H24N2O6S/c1-13-5-8-18-17(11-13)23(30(4,26)27)10-9-19(29-18)20(24)22-16-12-15(21(25)28-3)7-6-14(16)2/h5-8,11-12,19H,9-10H2,1-4H3,(H,22,24)/t19-/m1/s1. The number of carbonyl (C=O) groups excluding carboxylic acids is 2. The molecule has 0 saturated carbocycles. The summed E-state index contributed by atoms with van der Waals surface area (Å²) >= 11 is 0. The van der Waals surface area contributed by atoms with Gasteiger partial charge in [0.1, 0.15) is 5.75 Å². The molecule has 0 aliphatic carbocycles. The van der Waals surface area contributed by atoms with Crippen LogP contribution < -0.4 is 14.4 Å². The first-order chi connectivity index (χ1) is 14.1. The number of nitrogens with zero attached hydrogens (tertiary/aromatic N) is 1. The third kappa shape index (κ3) is 4.56. The van der Waals surface area contributed by atoms with Crippen molar-refractivity contribution in [2.45, 2.75) is 26.4 Å². The molecule has 0 spiro atoms. The molecule has 8 nitrogen and oxygen atoms in total. The predicted octanol–water partition coefficient (Wildman–Crippen LogP) is 2.65. The molecule has 0 bridgehead atoms. The van der Waals surface area contributed by atoms with Crippen LogP contribution in [0.2, 0.25) is 0 Å². The lowest BCUT2D eigenvalue weighted by Gasteiger charge is -2.21. The third-order valence-electron chi connectivity index (χ3n) is 4.86. The summed E-state index contributed by atoms with van der Waals surface area (Å²) in [5.41, 5.74) is 2.82. The number of ether oxygens (including phenoxy) is 2. The molecule has 3 rings (SSSR count). The number of aryl methyl sites for hydroxylation is 2. The first kappa shape index (κ1) is 21.6. The lowest BCUT2D eigenvalue weighted by molar-refractivity contribution is -0.122. The summed E-state index contributed by atoms with van der Waals surface area (Å²) < 4.78 is 36.4. The quantitative estimate of drug-likeness (QED) is 0.746. The van der Waals surface area contributed by atoms with E-state index in [2.05, 4.69) is 5.32 Å². The summed E-state index contributed by atoms with van der Waals surface area (Å²) in [5.74, 6) is -0.616. The van der Waals surface area contributed by atoms with Gasteiger partial charge in [-0.1, -0.05) is 12.1 Å². The molecule has 1 amide bonds. The second-order valence-electron chi connectivity index (χ2n) is 7.21. The minimum Gasteiger partial charge on any atom is -0.478 e. The Morgan fingerprint density at radius 1 is 1.17 bits per heavy atom. The highest BCUT2D eigenvalue weighted by atomic mass is 32.2. The van der Waals surface area contributed by atoms with Gasteiger partial charge in [-0.25, -0.2) is 13.2 Å². The molecule has 2 aromatic carbocycles. The van der Waals surface area contributed by atoms with Crippen LogP contribution in [-0.4, -0.2) is 46.3 Å². The van der Waals surface area contributed by atoms with Gasteiger partial charge in [-0.15, -0.1) is 0 Å². The van der Waals surface area contributed by atoms with E-state index in [0.717, 1.165) is 17.4 Å². The van der Waals surface area contributed by atoms with Crippen LogP contribution in [0, 0.1) is 13.8 Å². The summed E-state index contributed by atoms with van der Waals surface area (Å²) in [4.78, 5) is 24.7. The molecular formula is C21H24N2O6S. The van der Waals surface area contributed by atoms with E-state index < -0.39 is 28.0 Å². The number of hydrogen-bond acceptors (Lipinski definition) is 6. The van der Waals surface area contributed by atoms with Gasteiger partial charge in [-0.2, -0.15) is 0 Å². The molecule has 0 saturated heterocycles. The lowest BCUT2D eigenvalue weighted by Crippen LogP contribution is -2.36. The number of fused-ring (bicyclic) bond motifs is 1. The Labute approximate surface area is 175 Å². The molecule has 1 heterocycles. The molecule has 0 aromatic heterocycles. The summed E-state index contributed by atoms with van der Waals surface area (Å²) in [6.45, 7) is 3.76. The van der Waals surface area contributed by atoms with E-state index in [1.807, 2.05) is 6.92 Å². The zero-order valence-corrected chi connectivity index (χ0v) is 18.1. The van der Waals surface area contributed by atoms with Crippen LogP contribution in [0.5, 0.6) is 5.75 Å². The van der Waals surface area contributed by atoms with E-state index in [1.54, 1.807) is 37.3 Å². The molecule has 9 heteroatoms. The van der Waals surface area contributed by atoms with Crippen LogP contribution in [-0.2, 0) is 19.6 Å². The minimum absolute atomic E-state index is 0.106. The van der Waals surface area contributed by atoms with Crippen molar-refractivity contribution in [1.82, 2.24) is 0 Å². The number of amides is 1. The number of esters is 1. The number of rotatable bonds is 4. The fourth-order valence-electron chi connectivity index (χ4n) is 3.23. The third-order valence-corrected chi connectivity index (χ3v) is 6.04. The average molecular weight is 432 g/mol. The van der Waals surface area contributed by atoms with Crippen LogP contribution in [0.25, 0.3) is 0 Å². The van der Waals surface area contributed by atoms with E-state index >= 15 is 0 Å². The topological polar surface area (TPSA) is 102 Å². The predicted molar refractivity (Wildman–Crippen MR) is 114 cm³/mol. The molecule has 0 unspecified atom stereocenters. The maximum absolute atomic E-state index is 12.9. The van der Waals surface area contributed by atoms with Gasteiger partial charge in [0, 0.05) is 18.7 Å². The molecule has 0 radical (unpaired) electrons. The second kappa shape index (κ2) is 8.35. The highest BCUT2D eigenvalue weighted by molar-refractivity contribution is 7.92. The Morgan fingerprint density at radius 2 is 1.90 bits per heavy atom. The Hall–Kier alpha value is -3.07. The van der Waals surface area contributed by atoms with Gasteiger partial charge < -0.3 is 14.8 Å². The van der Waals surface area contributed by atoms with E-state index in [1.165, 1.54) is 17.5 Å². The monoisotopic (exact) mass is 432 g/mol. The number of anilines is 2. The highest BCUT2D eigenvalue weighted by Gasteiger charge is 2.31. The van der Waals surface area contributed by atoms with Crippen LogP contribution in [0.1, 0.15) is 27.9 Å². The van der Waals surface area contributed by atoms with Crippen LogP contribution in [0.3, 0.4) is 0 Å². The van der Waals surface area contributed by atoms with Crippen molar-refractivity contribution >= 4 is 33.3 Å². The first-order valence-corrected chi connectivity index (χ1v) is 11.2. The molecule has 0 fully saturated rings. The van der Waals surface area contributed by atoms with Gasteiger partial charge in [-0.3, -0.25) is 9.10 Å². The van der Waals surface area contributed by atoms with Gasteiger partial charge >= 0.3 is 5.97 Å². The smallest absolute Gasteiger partial charge is 0.337 e. The molecule has 1 N–H and O–H groups in total. The Morgan fingerprint density at radius 3 is 2.57 bits per heavy atom. The Bertz CT molecular complexity index is 1100. The highest BCUT2D eigenvalue weighted by Crippen LogP contribution is 2.35. The van der Waals surface area contributed by atoms with Crippen molar-refractivity contribution in [2.24, 2.45) is 0 Å². The van der Waals surface area contributed by atoms with Crippen molar-refractivity contribution in [3.8, 4) is 5.75 Å². The Kier molecular flexibility index (Phi) is 6.02. The van der Waals surface area contributed by atoms with E-state index in [0.29, 0.717) is 22.7 Å². The number of nitrogens with one attached hydrogen (secondary N) is 1. The van der Waals surface area contributed by atoms with E-state index in [9.17, 15) is 18.0 Å². The van der Waals surface area contributed by atoms with Gasteiger partial charge in [0.15, 0.2) is 6.10 Å². The fraction of sp³-hybridized carbons (Fsp3) is 0.333. The van der Waals surface area contributed by atoms with Crippen molar-refractivity contribution in [3.63, 3.8) is 0 Å². The van der Waals surface area contributed by atoms with E-state index in [-0.39, 0.29) is 13.0 Å². The van der Waals surface area contributed by atoms with Gasteiger partial charge in [0.05, 0.1) is 24.6 Å². The van der Waals surface area contributed by atoms with Crippen LogP contribution >= 0.6 is 0 Å². The van der Waals surface area contributed by atoms with Crippen molar-refractivity contribution in [3.05, 3.63) is 53.1 Å². The maximum Gasteiger partial charge on any atom is 0.337 e. The van der Waals surface area contributed by atoms with E-state index in [4.69, 9.17) is 9.47 Å². The van der Waals surface area contributed by atoms with Crippen LogP contribution in [0.15, 0.2) is 36.4 Å². The minimum atomic E-state index is -3.54. The molecule has 1 aliphatic rings. The number of sulfonamides is 1. The summed E-state index contributed by atoms with van der Waals surface area (Å²) in [6, 6.07) is 10.0. The van der Waals surface area contributed by atoms with Crippen LogP contribution in [0.4, 0.5) is 11.4 Å². The van der Waals surface area contributed by atoms with Gasteiger partial charge in [-0.05, 0) is 49.2 Å². The zero-order valence-electron chi connectivity index (χ0n) is 17.3. The number of carbonyl (C=O) groups is 2. The zero-order chi connectivity index (χ0) is 22.1. The Balaban J connectivity index is 1.88. The SMILES string of the molecule is COC(=O)c1ccc(C)c(NC(=O)[C@H]2CCN(S(C)(=O)=O)c3cc(C)ccc3O2)c1. The van der Waals surface area contributed by atoms with Gasteiger partial charge in [0.2, 0.25) is 10.0 Å². The van der Waals surface area contributed by atoms with Gasteiger partial charge in [0.25, 0.3) is 5.91 Å². The molecule has 30 heavy (non-hydrogen) atoms. The van der Waals surface area contributed by atoms with Crippen molar-refractivity contribution in [1.29, 1.82) is 0 Å². The fourth-order valence-corrected chi connectivity index (χ4v) is 4.17. The molecule has 1 atom stereocenters. The second-order valence-corrected chi connectivity index (χ2v) is 9.12. The molecule has 1 aliphatic heterocycles. The molecule has 160 valence electrons.